The molecule has 9 heteroatoms. The number of rotatable bonds is 5. The Labute approximate surface area is 208 Å². The molecule has 1 aromatic carbocycles. The molecule has 1 aliphatic carbocycles. The third kappa shape index (κ3) is 5.94. The summed E-state index contributed by atoms with van der Waals surface area (Å²) in [5.74, 6) is 0.232. The van der Waals surface area contributed by atoms with Gasteiger partial charge in [0.05, 0.1) is 11.5 Å². The van der Waals surface area contributed by atoms with Crippen LogP contribution >= 0.6 is 11.6 Å². The Kier molecular flexibility index (Phi) is 7.89. The standard InChI is InChI=1S/C25H36ClN3O4S/c1-17-15-28(9-10-29(17)25(31)20-5-3-4-6-20)16-21-13-22(26)14-23(18(21)2)27-24(30)19-7-11-34(32,33)12-8-19/h13-14,17,19-20H,3-12,15-16H2,1-2H3,(H,27,30). The number of amides is 2. The summed E-state index contributed by atoms with van der Waals surface area (Å²) >= 11 is 6.41. The number of halogens is 1. The van der Waals surface area contributed by atoms with Crippen molar-refractivity contribution in [1.82, 2.24) is 9.80 Å². The molecule has 3 aliphatic rings. The summed E-state index contributed by atoms with van der Waals surface area (Å²) in [6, 6.07) is 3.88. The Morgan fingerprint density at radius 2 is 1.74 bits per heavy atom. The molecule has 1 saturated carbocycles. The molecule has 2 saturated heterocycles. The zero-order chi connectivity index (χ0) is 24.5. The molecule has 1 aromatic rings. The Hall–Kier alpha value is -1.64. The Bertz CT molecular complexity index is 1020. The van der Waals surface area contributed by atoms with Crippen LogP contribution in [0.1, 0.15) is 56.6 Å². The fourth-order valence-electron chi connectivity index (χ4n) is 5.57. The molecule has 1 atom stereocenters. The van der Waals surface area contributed by atoms with E-state index in [-0.39, 0.29) is 35.3 Å². The van der Waals surface area contributed by atoms with Crippen molar-refractivity contribution in [2.45, 2.75) is 65.0 Å². The SMILES string of the molecule is Cc1c(CN2CCN(C(=O)C3CCCC3)C(C)C2)cc(Cl)cc1NC(=O)C1CCS(=O)(=O)CC1. The lowest BCUT2D eigenvalue weighted by Crippen LogP contribution is -2.54. The van der Waals surface area contributed by atoms with Crippen LogP contribution in [0.25, 0.3) is 0 Å². The number of carbonyl (C=O) groups is 2. The first-order valence-electron chi connectivity index (χ1n) is 12.5. The van der Waals surface area contributed by atoms with Crippen molar-refractivity contribution in [2.75, 3.05) is 36.5 Å². The molecule has 0 aromatic heterocycles. The maximum absolute atomic E-state index is 12.9. The van der Waals surface area contributed by atoms with Crippen LogP contribution in [0.2, 0.25) is 5.02 Å². The van der Waals surface area contributed by atoms with E-state index in [1.807, 2.05) is 13.0 Å². The summed E-state index contributed by atoms with van der Waals surface area (Å²) in [6.07, 6.45) is 5.11. The first kappa shape index (κ1) is 25.5. The van der Waals surface area contributed by atoms with E-state index in [1.165, 1.54) is 0 Å². The minimum atomic E-state index is -3.01. The summed E-state index contributed by atoms with van der Waals surface area (Å²) in [5, 5.41) is 3.56. The summed E-state index contributed by atoms with van der Waals surface area (Å²) < 4.78 is 23.4. The molecule has 4 rings (SSSR count). The van der Waals surface area contributed by atoms with Crippen molar-refractivity contribution in [2.24, 2.45) is 11.8 Å². The van der Waals surface area contributed by atoms with Gasteiger partial charge in [-0.25, -0.2) is 8.42 Å². The lowest BCUT2D eigenvalue weighted by molar-refractivity contribution is -0.140. The molecule has 2 amide bonds. The number of nitrogens with one attached hydrogen (secondary N) is 1. The first-order valence-corrected chi connectivity index (χ1v) is 14.7. The van der Waals surface area contributed by atoms with Crippen molar-refractivity contribution in [3.05, 3.63) is 28.3 Å². The monoisotopic (exact) mass is 509 g/mol. The largest absolute Gasteiger partial charge is 0.337 e. The van der Waals surface area contributed by atoms with E-state index in [1.54, 1.807) is 6.07 Å². The summed E-state index contributed by atoms with van der Waals surface area (Å²) in [5.41, 5.74) is 2.71. The van der Waals surface area contributed by atoms with E-state index in [4.69, 9.17) is 11.6 Å². The van der Waals surface area contributed by atoms with Crippen LogP contribution in [0.5, 0.6) is 0 Å². The Balaban J connectivity index is 1.38. The lowest BCUT2D eigenvalue weighted by atomic mass is 10.0. The zero-order valence-electron chi connectivity index (χ0n) is 20.2. The number of hydrogen-bond acceptors (Lipinski definition) is 5. The van der Waals surface area contributed by atoms with Gasteiger partial charge in [-0.3, -0.25) is 14.5 Å². The van der Waals surface area contributed by atoms with Gasteiger partial charge < -0.3 is 10.2 Å². The summed E-state index contributed by atoms with van der Waals surface area (Å²) in [6.45, 7) is 7.17. The molecule has 2 aliphatic heterocycles. The van der Waals surface area contributed by atoms with Crippen LogP contribution in [0.3, 0.4) is 0 Å². The van der Waals surface area contributed by atoms with Gasteiger partial charge in [0.1, 0.15) is 9.84 Å². The van der Waals surface area contributed by atoms with Crippen molar-refractivity contribution < 1.29 is 18.0 Å². The van der Waals surface area contributed by atoms with Crippen LogP contribution in [0.4, 0.5) is 5.69 Å². The van der Waals surface area contributed by atoms with E-state index < -0.39 is 9.84 Å². The van der Waals surface area contributed by atoms with Crippen molar-refractivity contribution >= 4 is 38.9 Å². The smallest absolute Gasteiger partial charge is 0.227 e. The highest BCUT2D eigenvalue weighted by Gasteiger charge is 2.33. The van der Waals surface area contributed by atoms with Crippen molar-refractivity contribution in [3.63, 3.8) is 0 Å². The molecule has 2 heterocycles. The van der Waals surface area contributed by atoms with Gasteiger partial charge >= 0.3 is 0 Å². The second-order valence-electron chi connectivity index (χ2n) is 10.2. The molecule has 34 heavy (non-hydrogen) atoms. The maximum Gasteiger partial charge on any atom is 0.227 e. The second kappa shape index (κ2) is 10.5. The number of anilines is 1. The minimum absolute atomic E-state index is 0.0677. The number of sulfone groups is 1. The quantitative estimate of drug-likeness (QED) is 0.655. The topological polar surface area (TPSA) is 86.8 Å². The molecule has 0 bridgehead atoms. The molecule has 0 radical (unpaired) electrons. The summed E-state index contributed by atoms with van der Waals surface area (Å²) in [4.78, 5) is 30.1. The highest BCUT2D eigenvalue weighted by molar-refractivity contribution is 7.91. The number of benzene rings is 1. The molecular weight excluding hydrogens is 474 g/mol. The van der Waals surface area contributed by atoms with E-state index in [0.29, 0.717) is 36.0 Å². The highest BCUT2D eigenvalue weighted by Crippen LogP contribution is 2.30. The van der Waals surface area contributed by atoms with Gasteiger partial charge in [-0.15, -0.1) is 0 Å². The van der Waals surface area contributed by atoms with Crippen LogP contribution in [-0.4, -0.2) is 67.2 Å². The van der Waals surface area contributed by atoms with Gasteiger partial charge in [0, 0.05) is 54.8 Å². The molecule has 0 spiro atoms. The van der Waals surface area contributed by atoms with Gasteiger partial charge in [-0.05, 0) is 62.8 Å². The molecule has 1 unspecified atom stereocenters. The van der Waals surface area contributed by atoms with Crippen molar-refractivity contribution in [3.8, 4) is 0 Å². The predicted octanol–water partition coefficient (Wildman–Crippen LogP) is 3.63. The van der Waals surface area contributed by atoms with E-state index >= 15 is 0 Å². The first-order chi connectivity index (χ1) is 16.1. The number of piperazine rings is 1. The van der Waals surface area contributed by atoms with Crippen molar-refractivity contribution in [1.29, 1.82) is 0 Å². The molecule has 3 fully saturated rings. The van der Waals surface area contributed by atoms with E-state index in [2.05, 4.69) is 22.0 Å². The molecule has 1 N–H and O–H groups in total. The molecular formula is C25H36ClN3O4S. The second-order valence-corrected chi connectivity index (χ2v) is 13.0. The average molecular weight is 510 g/mol. The summed E-state index contributed by atoms with van der Waals surface area (Å²) in [7, 11) is -3.01. The minimum Gasteiger partial charge on any atom is -0.337 e. The van der Waals surface area contributed by atoms with Gasteiger partial charge in [0.25, 0.3) is 0 Å². The average Bonchev–Trinajstić information content (AvgIpc) is 3.31. The number of nitrogens with zero attached hydrogens (tertiary/aromatic N) is 2. The number of carbonyl (C=O) groups excluding carboxylic acids is 2. The fraction of sp³-hybridized carbons (Fsp3) is 0.680. The zero-order valence-corrected chi connectivity index (χ0v) is 21.8. The van der Waals surface area contributed by atoms with Crippen LogP contribution in [0.15, 0.2) is 12.1 Å². The van der Waals surface area contributed by atoms with Crippen LogP contribution in [-0.2, 0) is 26.0 Å². The molecule has 188 valence electrons. The predicted molar refractivity (Wildman–Crippen MR) is 135 cm³/mol. The number of hydrogen-bond donors (Lipinski definition) is 1. The van der Waals surface area contributed by atoms with Gasteiger partial charge in [0.2, 0.25) is 11.8 Å². The van der Waals surface area contributed by atoms with Gasteiger partial charge in [-0.1, -0.05) is 24.4 Å². The Morgan fingerprint density at radius 1 is 1.06 bits per heavy atom. The third-order valence-corrected chi connectivity index (χ3v) is 9.69. The van der Waals surface area contributed by atoms with Crippen LogP contribution < -0.4 is 5.32 Å². The normalized spacial score (nSPS) is 24.3. The lowest BCUT2D eigenvalue weighted by Gasteiger charge is -2.41. The van der Waals surface area contributed by atoms with E-state index in [0.717, 1.165) is 56.4 Å². The maximum atomic E-state index is 12.9. The fourth-order valence-corrected chi connectivity index (χ4v) is 7.30. The highest BCUT2D eigenvalue weighted by atomic mass is 35.5. The Morgan fingerprint density at radius 3 is 2.38 bits per heavy atom. The van der Waals surface area contributed by atoms with Gasteiger partial charge in [-0.2, -0.15) is 0 Å². The van der Waals surface area contributed by atoms with Crippen LogP contribution in [0, 0.1) is 18.8 Å². The van der Waals surface area contributed by atoms with E-state index in [9.17, 15) is 18.0 Å². The van der Waals surface area contributed by atoms with Gasteiger partial charge in [0.15, 0.2) is 0 Å². The molecule has 7 nitrogen and oxygen atoms in total. The third-order valence-electron chi connectivity index (χ3n) is 7.76.